The first-order valence-electron chi connectivity index (χ1n) is 4.52. The van der Waals surface area contributed by atoms with Crippen LogP contribution in [0.2, 0.25) is 0 Å². The Balaban J connectivity index is 4.48. The van der Waals surface area contributed by atoms with Crippen molar-refractivity contribution in [3.8, 4) is 0 Å². The minimum atomic E-state index is -2.17. The Hall–Kier alpha value is -0.610. The van der Waals surface area contributed by atoms with E-state index in [1.165, 1.54) is 0 Å². The van der Waals surface area contributed by atoms with E-state index in [1.807, 2.05) is 0 Å². The minimum absolute atomic E-state index is 0.885. The molecule has 0 saturated heterocycles. The summed E-state index contributed by atoms with van der Waals surface area (Å²) in [5.41, 5.74) is 0. The number of rotatable bonds is 7. The van der Waals surface area contributed by atoms with Crippen molar-refractivity contribution < 1.29 is 40.5 Å². The van der Waals surface area contributed by atoms with E-state index >= 15 is 0 Å². The molecule has 0 aromatic carbocycles. The molecule has 0 heterocycles. The summed E-state index contributed by atoms with van der Waals surface area (Å²) < 4.78 is 0. The number of carbonyl (C=O) groups is 1. The Kier molecular flexibility index (Phi) is 6.60. The molecule has 0 unspecified atom stereocenters. The van der Waals surface area contributed by atoms with Gasteiger partial charge in [0.05, 0.1) is 13.2 Å². The van der Waals surface area contributed by atoms with E-state index < -0.39 is 49.5 Å². The molecule has 0 aliphatic carbocycles. The largest absolute Gasteiger partial charge is 0.394 e. The van der Waals surface area contributed by atoms with E-state index in [1.54, 1.807) is 0 Å². The van der Waals surface area contributed by atoms with Crippen molar-refractivity contribution in [2.45, 2.75) is 30.5 Å². The summed E-state index contributed by atoms with van der Waals surface area (Å²) in [6, 6.07) is 0. The van der Waals surface area contributed by atoms with Crippen LogP contribution in [0.3, 0.4) is 0 Å². The molecule has 0 radical (unpaired) electrons. The maximum absolute atomic E-state index is 11.2. The summed E-state index contributed by atoms with van der Waals surface area (Å²) in [4.78, 5) is 11.2. The smallest absolute Gasteiger partial charge is 0.195 e. The molecule has 8 nitrogen and oxygen atoms in total. The predicted octanol–water partition coefficient (Wildman–Crippen LogP) is -4.66. The van der Waals surface area contributed by atoms with E-state index in [0.29, 0.717) is 0 Å². The number of hydrogen-bond acceptors (Lipinski definition) is 8. The summed E-state index contributed by atoms with van der Waals surface area (Å²) in [5.74, 6) is -1.36. The SMILES string of the molecule is O=C([C@@H](O)[C@H](O)[C@@H](O)CO)[C@@H](O)[C@H](O)CO. The third-order valence-electron chi connectivity index (χ3n) is 2.04. The molecule has 0 aromatic rings. The quantitative estimate of drug-likeness (QED) is 0.234. The van der Waals surface area contributed by atoms with Crippen LogP contribution in [-0.4, -0.2) is 85.3 Å². The van der Waals surface area contributed by atoms with Crippen LogP contribution in [0.1, 0.15) is 0 Å². The highest BCUT2D eigenvalue weighted by Crippen LogP contribution is 2.06. The van der Waals surface area contributed by atoms with Crippen molar-refractivity contribution in [1.29, 1.82) is 0 Å². The molecule has 0 saturated carbocycles. The summed E-state index contributed by atoms with van der Waals surface area (Å²) in [6.07, 6.45) is -9.78. The van der Waals surface area contributed by atoms with Crippen molar-refractivity contribution in [3.05, 3.63) is 0 Å². The fraction of sp³-hybridized carbons (Fsp3) is 0.875. The lowest BCUT2D eigenvalue weighted by Gasteiger charge is -2.23. The summed E-state index contributed by atoms with van der Waals surface area (Å²) >= 11 is 0. The molecule has 0 aromatic heterocycles. The van der Waals surface area contributed by atoms with E-state index in [9.17, 15) is 9.90 Å². The van der Waals surface area contributed by atoms with Gasteiger partial charge in [-0.15, -0.1) is 0 Å². The van der Waals surface area contributed by atoms with Gasteiger partial charge < -0.3 is 35.7 Å². The van der Waals surface area contributed by atoms with Gasteiger partial charge in [-0.1, -0.05) is 0 Å². The molecule has 5 atom stereocenters. The summed E-state index contributed by atoms with van der Waals surface area (Å²) in [6.45, 7) is -1.79. The number of Topliss-reactive ketones (excluding diaryl/α,β-unsaturated/α-hetero) is 1. The Morgan fingerprint density at radius 1 is 0.812 bits per heavy atom. The second kappa shape index (κ2) is 6.86. The normalized spacial score (nSPS) is 20.9. The summed E-state index contributed by atoms with van der Waals surface area (Å²) in [5, 5.41) is 62.1. The topological polar surface area (TPSA) is 159 Å². The molecule has 0 rings (SSSR count). The predicted molar refractivity (Wildman–Crippen MR) is 49.2 cm³/mol. The Morgan fingerprint density at radius 2 is 1.25 bits per heavy atom. The number of carbonyl (C=O) groups excluding carboxylic acids is 1. The average molecular weight is 240 g/mol. The van der Waals surface area contributed by atoms with Crippen LogP contribution in [0.15, 0.2) is 0 Å². The number of ketones is 1. The Labute approximate surface area is 91.0 Å². The van der Waals surface area contributed by atoms with Crippen molar-refractivity contribution in [3.63, 3.8) is 0 Å². The highest BCUT2D eigenvalue weighted by molar-refractivity contribution is 5.88. The number of aliphatic hydroxyl groups excluding tert-OH is 7. The minimum Gasteiger partial charge on any atom is -0.394 e. The molecule has 0 bridgehead atoms. The van der Waals surface area contributed by atoms with Crippen molar-refractivity contribution >= 4 is 5.78 Å². The van der Waals surface area contributed by atoms with Crippen LogP contribution in [0, 0.1) is 0 Å². The highest BCUT2D eigenvalue weighted by atomic mass is 16.4. The van der Waals surface area contributed by atoms with Gasteiger partial charge >= 0.3 is 0 Å². The molecule has 0 aliphatic rings. The maximum atomic E-state index is 11.2. The first kappa shape index (κ1) is 15.4. The molecule has 0 amide bonds. The van der Waals surface area contributed by atoms with Crippen LogP contribution < -0.4 is 0 Å². The van der Waals surface area contributed by atoms with E-state index in [0.717, 1.165) is 0 Å². The Morgan fingerprint density at radius 3 is 1.62 bits per heavy atom. The molecule has 0 fully saturated rings. The lowest BCUT2D eigenvalue weighted by atomic mass is 9.98. The molecule has 96 valence electrons. The van der Waals surface area contributed by atoms with Crippen LogP contribution >= 0.6 is 0 Å². The first-order chi connectivity index (χ1) is 7.36. The molecule has 0 spiro atoms. The third kappa shape index (κ3) is 3.76. The molecule has 0 aliphatic heterocycles. The van der Waals surface area contributed by atoms with E-state index in [4.69, 9.17) is 30.6 Å². The zero-order chi connectivity index (χ0) is 12.9. The van der Waals surface area contributed by atoms with Gasteiger partial charge in [0.1, 0.15) is 30.5 Å². The van der Waals surface area contributed by atoms with Crippen molar-refractivity contribution in [2.24, 2.45) is 0 Å². The maximum Gasteiger partial charge on any atom is 0.195 e. The monoisotopic (exact) mass is 240 g/mol. The lowest BCUT2D eigenvalue weighted by molar-refractivity contribution is -0.155. The highest BCUT2D eigenvalue weighted by Gasteiger charge is 2.36. The molecular formula is C8H16O8. The first-order valence-corrected chi connectivity index (χ1v) is 4.52. The van der Waals surface area contributed by atoms with Gasteiger partial charge in [-0.3, -0.25) is 4.79 Å². The number of aliphatic hydroxyl groups is 7. The second-order valence-corrected chi connectivity index (χ2v) is 3.28. The zero-order valence-electron chi connectivity index (χ0n) is 8.34. The number of hydrogen-bond donors (Lipinski definition) is 7. The van der Waals surface area contributed by atoms with Gasteiger partial charge in [0.15, 0.2) is 5.78 Å². The second-order valence-electron chi connectivity index (χ2n) is 3.28. The van der Waals surface area contributed by atoms with Gasteiger partial charge in [-0.25, -0.2) is 0 Å². The van der Waals surface area contributed by atoms with E-state index in [-0.39, 0.29) is 0 Å². The van der Waals surface area contributed by atoms with Crippen LogP contribution in [-0.2, 0) is 4.79 Å². The van der Waals surface area contributed by atoms with Gasteiger partial charge in [-0.2, -0.15) is 0 Å². The van der Waals surface area contributed by atoms with Crippen molar-refractivity contribution in [2.75, 3.05) is 13.2 Å². The molecule has 7 N–H and O–H groups in total. The van der Waals surface area contributed by atoms with Gasteiger partial charge in [0, 0.05) is 0 Å². The standard InChI is InChI=1S/C8H16O8/c9-1-3(11)5(13)7(15)8(16)6(14)4(12)2-10/h3-7,9-15H,1-2H2/t3-,4+,5+,6-,7-/m0/s1. The average Bonchev–Trinajstić information content (AvgIpc) is 2.32. The van der Waals surface area contributed by atoms with Gasteiger partial charge in [0.25, 0.3) is 0 Å². The van der Waals surface area contributed by atoms with Gasteiger partial charge in [-0.05, 0) is 0 Å². The summed E-state index contributed by atoms with van der Waals surface area (Å²) in [7, 11) is 0. The molecule has 16 heavy (non-hydrogen) atoms. The Bertz CT molecular complexity index is 220. The van der Waals surface area contributed by atoms with Crippen molar-refractivity contribution in [1.82, 2.24) is 0 Å². The zero-order valence-corrected chi connectivity index (χ0v) is 8.34. The fourth-order valence-corrected chi connectivity index (χ4v) is 0.951. The third-order valence-corrected chi connectivity index (χ3v) is 2.04. The lowest BCUT2D eigenvalue weighted by Crippen LogP contribution is -2.50. The van der Waals surface area contributed by atoms with Crippen LogP contribution in [0.4, 0.5) is 0 Å². The van der Waals surface area contributed by atoms with Crippen LogP contribution in [0.25, 0.3) is 0 Å². The molecular weight excluding hydrogens is 224 g/mol. The van der Waals surface area contributed by atoms with Gasteiger partial charge in [0.2, 0.25) is 0 Å². The fourth-order valence-electron chi connectivity index (χ4n) is 0.951. The van der Waals surface area contributed by atoms with E-state index in [2.05, 4.69) is 0 Å². The molecule has 8 heteroatoms. The van der Waals surface area contributed by atoms with Crippen LogP contribution in [0.5, 0.6) is 0 Å².